The Balaban J connectivity index is 1.80. The van der Waals surface area contributed by atoms with Crippen LogP contribution in [0.3, 0.4) is 0 Å². The van der Waals surface area contributed by atoms with Crippen LogP contribution >= 0.6 is 0 Å². The van der Waals surface area contributed by atoms with Gasteiger partial charge in [-0.1, -0.05) is 50.8 Å². The molecule has 0 N–H and O–H groups in total. The van der Waals surface area contributed by atoms with Crippen LogP contribution in [0.25, 0.3) is 0 Å². The van der Waals surface area contributed by atoms with Gasteiger partial charge in [0, 0.05) is 23.7 Å². The van der Waals surface area contributed by atoms with Crippen LogP contribution in [0.4, 0.5) is 4.79 Å². The third-order valence-electron chi connectivity index (χ3n) is 5.39. The molecule has 4 heteroatoms. The lowest BCUT2D eigenvalue weighted by molar-refractivity contribution is -0.117. The Morgan fingerprint density at radius 3 is 2.65 bits per heavy atom. The van der Waals surface area contributed by atoms with Crippen LogP contribution in [0, 0.1) is 0 Å². The minimum Gasteiger partial charge on any atom is -0.410 e. The summed E-state index contributed by atoms with van der Waals surface area (Å²) in [6.45, 7) is 2.19. The Morgan fingerprint density at radius 2 is 1.88 bits per heavy atom. The summed E-state index contributed by atoms with van der Waals surface area (Å²) in [4.78, 5) is 27.4. The molecule has 1 aliphatic heterocycles. The van der Waals surface area contributed by atoms with Crippen molar-refractivity contribution in [3.63, 3.8) is 0 Å². The fraction of sp³-hybridized carbons (Fsp3) is 0.545. The second-order valence-electron chi connectivity index (χ2n) is 7.31. The average Bonchev–Trinajstić information content (AvgIpc) is 2.66. The second kappa shape index (κ2) is 9.02. The summed E-state index contributed by atoms with van der Waals surface area (Å²) in [7, 11) is 0. The molecule has 0 saturated carbocycles. The van der Waals surface area contributed by atoms with Gasteiger partial charge >= 0.3 is 6.09 Å². The molecule has 26 heavy (non-hydrogen) atoms. The number of nitrogens with zero attached hydrogens (tertiary/aromatic N) is 1. The van der Waals surface area contributed by atoms with Gasteiger partial charge in [-0.3, -0.25) is 9.69 Å². The van der Waals surface area contributed by atoms with E-state index in [1.807, 2.05) is 23.1 Å². The maximum Gasteiger partial charge on any atom is 0.419 e. The Hall–Kier alpha value is -2.10. The van der Waals surface area contributed by atoms with E-state index in [0.717, 1.165) is 56.2 Å². The number of benzene rings is 1. The van der Waals surface area contributed by atoms with Gasteiger partial charge in [-0.05, 0) is 44.2 Å². The summed E-state index contributed by atoms with van der Waals surface area (Å²) in [5.74, 6) is 0.793. The normalized spacial score (nSPS) is 20.1. The fourth-order valence-electron chi connectivity index (χ4n) is 4.04. The first kappa shape index (κ1) is 18.7. The van der Waals surface area contributed by atoms with E-state index in [1.165, 1.54) is 12.8 Å². The topological polar surface area (TPSA) is 46.6 Å². The van der Waals surface area contributed by atoms with Gasteiger partial charge in [0.15, 0.2) is 5.78 Å². The summed E-state index contributed by atoms with van der Waals surface area (Å²) in [6.07, 6.45) is 9.21. The number of carbonyl (C=O) groups excluding carboxylic acids is 2. The zero-order valence-corrected chi connectivity index (χ0v) is 15.7. The molecule has 3 rings (SSSR count). The summed E-state index contributed by atoms with van der Waals surface area (Å²) >= 11 is 0. The molecule has 1 amide bonds. The molecule has 0 bridgehead atoms. The minimum absolute atomic E-state index is 0.0626. The molecule has 1 aliphatic carbocycles. The van der Waals surface area contributed by atoms with Crippen molar-refractivity contribution in [1.82, 2.24) is 4.90 Å². The van der Waals surface area contributed by atoms with Crippen molar-refractivity contribution in [3.05, 3.63) is 41.6 Å². The number of allylic oxidation sites excluding steroid dienone is 2. The first-order chi connectivity index (χ1) is 12.7. The van der Waals surface area contributed by atoms with E-state index >= 15 is 0 Å². The number of para-hydroxylation sites is 1. The van der Waals surface area contributed by atoms with Crippen LogP contribution in [-0.4, -0.2) is 22.8 Å². The molecule has 0 aromatic heterocycles. The smallest absolute Gasteiger partial charge is 0.410 e. The molecule has 0 radical (unpaired) electrons. The van der Waals surface area contributed by atoms with Gasteiger partial charge in [0.05, 0.1) is 0 Å². The van der Waals surface area contributed by atoms with Crippen molar-refractivity contribution >= 4 is 11.9 Å². The van der Waals surface area contributed by atoms with Crippen molar-refractivity contribution in [2.75, 3.05) is 0 Å². The molecule has 1 aromatic carbocycles. The highest BCUT2D eigenvalue weighted by atomic mass is 16.6. The Bertz CT molecular complexity index is 665. The molecule has 0 spiro atoms. The van der Waals surface area contributed by atoms with E-state index in [9.17, 15) is 9.59 Å². The van der Waals surface area contributed by atoms with Crippen molar-refractivity contribution in [1.29, 1.82) is 0 Å². The number of ketones is 1. The van der Waals surface area contributed by atoms with Crippen LogP contribution in [0.2, 0.25) is 0 Å². The molecule has 1 aromatic rings. The first-order valence-electron chi connectivity index (χ1n) is 10.0. The summed E-state index contributed by atoms with van der Waals surface area (Å²) in [5.41, 5.74) is 1.79. The van der Waals surface area contributed by atoms with E-state index in [0.29, 0.717) is 12.2 Å². The van der Waals surface area contributed by atoms with Crippen LogP contribution in [0.5, 0.6) is 5.75 Å². The number of hydrogen-bond donors (Lipinski definition) is 0. The fourth-order valence-corrected chi connectivity index (χ4v) is 4.04. The van der Waals surface area contributed by atoms with Gasteiger partial charge in [0.2, 0.25) is 0 Å². The van der Waals surface area contributed by atoms with E-state index in [2.05, 4.69) is 6.92 Å². The highest BCUT2D eigenvalue weighted by Gasteiger charge is 2.38. The molecular formula is C22H29NO3. The number of carbonyl (C=O) groups is 2. The van der Waals surface area contributed by atoms with Crippen LogP contribution in [0.15, 0.2) is 41.6 Å². The predicted octanol–water partition coefficient (Wildman–Crippen LogP) is 5.63. The molecular weight excluding hydrogens is 326 g/mol. The number of hydrogen-bond acceptors (Lipinski definition) is 3. The molecule has 140 valence electrons. The lowest BCUT2D eigenvalue weighted by atomic mass is 9.84. The molecule has 0 fully saturated rings. The van der Waals surface area contributed by atoms with Gasteiger partial charge in [-0.25, -0.2) is 4.79 Å². The lowest BCUT2D eigenvalue weighted by Crippen LogP contribution is -2.47. The summed E-state index contributed by atoms with van der Waals surface area (Å²) < 4.78 is 5.64. The second-order valence-corrected chi connectivity index (χ2v) is 7.31. The summed E-state index contributed by atoms with van der Waals surface area (Å²) in [5, 5.41) is 0. The van der Waals surface area contributed by atoms with Gasteiger partial charge in [-0.15, -0.1) is 0 Å². The maximum atomic E-state index is 13.0. The molecule has 1 heterocycles. The number of amides is 1. The third kappa shape index (κ3) is 4.35. The molecule has 1 atom stereocenters. The van der Waals surface area contributed by atoms with Crippen LogP contribution < -0.4 is 4.74 Å². The van der Waals surface area contributed by atoms with Gasteiger partial charge < -0.3 is 4.74 Å². The molecule has 0 saturated heterocycles. The quantitative estimate of drug-likeness (QED) is 0.622. The highest BCUT2D eigenvalue weighted by molar-refractivity contribution is 5.98. The zero-order valence-electron chi connectivity index (χ0n) is 15.7. The average molecular weight is 355 g/mol. The van der Waals surface area contributed by atoms with Gasteiger partial charge in [0.1, 0.15) is 5.75 Å². The largest absolute Gasteiger partial charge is 0.419 e. The molecule has 0 unspecified atom stereocenters. The van der Waals surface area contributed by atoms with Crippen molar-refractivity contribution in [2.24, 2.45) is 0 Å². The number of Topliss-reactive ketones (excluding diaryl/α,β-unsaturated/α-hetero) is 1. The van der Waals surface area contributed by atoms with Crippen molar-refractivity contribution in [2.45, 2.75) is 77.2 Å². The number of rotatable bonds is 6. The van der Waals surface area contributed by atoms with Gasteiger partial charge in [0.25, 0.3) is 0 Å². The SMILES string of the molecule is CCCCCC[C@@H]1CC(=O)C2=C(CCCC2)N1C(=O)Oc1ccccc1. The Morgan fingerprint density at radius 1 is 1.12 bits per heavy atom. The van der Waals surface area contributed by atoms with E-state index in [-0.39, 0.29) is 17.9 Å². The van der Waals surface area contributed by atoms with E-state index in [4.69, 9.17) is 4.74 Å². The number of unbranched alkanes of at least 4 members (excludes halogenated alkanes) is 3. The lowest BCUT2D eigenvalue weighted by Gasteiger charge is -2.39. The molecule has 2 aliphatic rings. The standard InChI is InChI=1S/C22H29NO3/c1-2-3-4-6-11-17-16-21(24)19-14-9-10-15-20(19)23(17)22(25)26-18-12-7-5-8-13-18/h5,7-8,12-13,17H,2-4,6,9-11,14-16H2,1H3/t17-/m1/s1. The highest BCUT2D eigenvalue weighted by Crippen LogP contribution is 2.37. The van der Waals surface area contributed by atoms with Gasteiger partial charge in [-0.2, -0.15) is 0 Å². The third-order valence-corrected chi connectivity index (χ3v) is 5.39. The van der Waals surface area contributed by atoms with Crippen molar-refractivity contribution < 1.29 is 14.3 Å². The minimum atomic E-state index is -0.335. The van der Waals surface area contributed by atoms with Crippen molar-refractivity contribution in [3.8, 4) is 5.75 Å². The number of ether oxygens (including phenoxy) is 1. The molecule has 4 nitrogen and oxygen atoms in total. The zero-order chi connectivity index (χ0) is 18.4. The first-order valence-corrected chi connectivity index (χ1v) is 10.0. The van der Waals surface area contributed by atoms with Crippen LogP contribution in [-0.2, 0) is 4.79 Å². The summed E-state index contributed by atoms with van der Waals surface area (Å²) in [6, 6.07) is 9.13. The Kier molecular flexibility index (Phi) is 6.48. The predicted molar refractivity (Wildman–Crippen MR) is 102 cm³/mol. The van der Waals surface area contributed by atoms with E-state index in [1.54, 1.807) is 12.1 Å². The maximum absolute atomic E-state index is 13.0. The van der Waals surface area contributed by atoms with Crippen LogP contribution in [0.1, 0.15) is 71.1 Å². The van der Waals surface area contributed by atoms with E-state index < -0.39 is 0 Å². The monoisotopic (exact) mass is 355 g/mol. The Labute approximate surface area is 156 Å².